The second-order valence-electron chi connectivity index (χ2n) is 3.29. The monoisotopic (exact) mass is 300 g/mol. The molecule has 0 aliphatic rings. The summed E-state index contributed by atoms with van der Waals surface area (Å²) in [4.78, 5) is 0. The first-order valence-electron chi connectivity index (χ1n) is 4.11. The summed E-state index contributed by atoms with van der Waals surface area (Å²) in [6, 6.07) is 0. The van der Waals surface area contributed by atoms with E-state index >= 15 is 0 Å². The molecule has 108 valence electrons. The van der Waals surface area contributed by atoms with Gasteiger partial charge >= 0.3 is 21.5 Å². The zero-order valence-corrected chi connectivity index (χ0v) is 9.60. The number of hydrogen-bond donors (Lipinski definition) is 2. The molecule has 0 saturated heterocycles. The van der Waals surface area contributed by atoms with E-state index in [-0.39, 0.29) is 0 Å². The molecule has 11 heteroatoms. The van der Waals surface area contributed by atoms with E-state index in [2.05, 4.69) is 11.3 Å². The van der Waals surface area contributed by atoms with Crippen molar-refractivity contribution in [3.8, 4) is 0 Å². The van der Waals surface area contributed by atoms with E-state index in [1.165, 1.54) is 0 Å². The lowest BCUT2D eigenvalue weighted by atomic mass is 10.3. The minimum absolute atomic E-state index is 0.463. The third-order valence-electron chi connectivity index (χ3n) is 1.63. The summed E-state index contributed by atoms with van der Waals surface area (Å²) in [5.74, 6) is 0. The van der Waals surface area contributed by atoms with Crippen LogP contribution in [0, 0.1) is 0 Å². The van der Waals surface area contributed by atoms with Crippen molar-refractivity contribution in [2.45, 2.75) is 30.7 Å². The van der Waals surface area contributed by atoms with Gasteiger partial charge in [0, 0.05) is 0 Å². The van der Waals surface area contributed by atoms with Gasteiger partial charge in [0.1, 0.15) is 0 Å². The summed E-state index contributed by atoms with van der Waals surface area (Å²) in [5.41, 5.74) is -0.463. The quantitative estimate of drug-likeness (QED) is 0.346. The van der Waals surface area contributed by atoms with Crippen LogP contribution in [-0.4, -0.2) is 41.9 Å². The highest BCUT2D eigenvalue weighted by Gasteiger charge is 2.65. The molecule has 0 aromatic carbocycles. The molecule has 2 N–H and O–H groups in total. The van der Waals surface area contributed by atoms with Gasteiger partial charge in [0.05, 0.1) is 0 Å². The lowest BCUT2D eigenvalue weighted by Gasteiger charge is -2.28. The molecule has 0 saturated carbocycles. The Balaban J connectivity index is 5.48. The average Bonchev–Trinajstić information content (AvgIpc) is 2.09. The molecule has 0 aromatic heterocycles. The van der Waals surface area contributed by atoms with E-state index in [4.69, 9.17) is 9.66 Å². The minimum atomic E-state index is -6.38. The number of aliphatic hydroxyl groups is 1. The Kier molecular flexibility index (Phi) is 4.85. The Bertz CT molecular complexity index is 414. The van der Waals surface area contributed by atoms with E-state index in [1.807, 2.05) is 0 Å². The lowest BCUT2D eigenvalue weighted by molar-refractivity contribution is -0.294. The molecule has 18 heavy (non-hydrogen) atoms. The Morgan fingerprint density at radius 1 is 1.28 bits per heavy atom. The first-order valence-corrected chi connectivity index (χ1v) is 5.55. The first-order chi connectivity index (χ1) is 7.71. The SMILES string of the molecule is C=C(C)C(O)OC(C(F)(F)F)C(F)(F)S(=O)(=O)O. The van der Waals surface area contributed by atoms with Crippen LogP contribution in [-0.2, 0) is 14.9 Å². The highest BCUT2D eigenvalue weighted by molar-refractivity contribution is 7.86. The molecule has 2 unspecified atom stereocenters. The van der Waals surface area contributed by atoms with Crippen molar-refractivity contribution >= 4 is 10.1 Å². The number of rotatable bonds is 5. The van der Waals surface area contributed by atoms with Crippen LogP contribution in [0.25, 0.3) is 0 Å². The third-order valence-corrected chi connectivity index (χ3v) is 2.53. The molecule has 0 radical (unpaired) electrons. The molecule has 0 heterocycles. The van der Waals surface area contributed by atoms with Gasteiger partial charge in [0.25, 0.3) is 0 Å². The van der Waals surface area contributed by atoms with E-state index < -0.39 is 39.5 Å². The van der Waals surface area contributed by atoms with Gasteiger partial charge in [-0.15, -0.1) is 0 Å². The average molecular weight is 300 g/mol. The van der Waals surface area contributed by atoms with E-state index in [9.17, 15) is 30.4 Å². The van der Waals surface area contributed by atoms with Crippen molar-refractivity contribution < 1.29 is 44.8 Å². The molecule has 0 spiro atoms. The second kappa shape index (κ2) is 5.07. The summed E-state index contributed by atoms with van der Waals surface area (Å²) in [5, 5.41) is 3.19. The molecule has 0 aliphatic carbocycles. The molecule has 0 bridgehead atoms. The fourth-order valence-electron chi connectivity index (χ4n) is 0.727. The number of alkyl halides is 5. The van der Waals surface area contributed by atoms with Gasteiger partial charge in [-0.2, -0.15) is 30.4 Å². The third kappa shape index (κ3) is 3.86. The van der Waals surface area contributed by atoms with E-state index in [1.54, 1.807) is 0 Å². The maximum absolute atomic E-state index is 12.9. The Morgan fingerprint density at radius 2 is 1.67 bits per heavy atom. The molecular weight excluding hydrogens is 291 g/mol. The van der Waals surface area contributed by atoms with Crippen LogP contribution in [0.2, 0.25) is 0 Å². The standard InChI is InChI=1S/C7H9F5O5S/c1-3(2)4(13)17-5(6(8,9)10)7(11,12)18(14,15)16/h4-5,13H,1H2,2H3,(H,14,15,16). The number of halogens is 5. The van der Waals surface area contributed by atoms with Crippen molar-refractivity contribution in [1.82, 2.24) is 0 Å². The van der Waals surface area contributed by atoms with Gasteiger partial charge in [0.2, 0.25) is 6.10 Å². The molecule has 0 aromatic rings. The molecule has 2 atom stereocenters. The summed E-state index contributed by atoms with van der Waals surface area (Å²) < 4.78 is 94.5. The Labute approximate surface area is 98.6 Å². The van der Waals surface area contributed by atoms with Crippen LogP contribution in [0.5, 0.6) is 0 Å². The molecule has 5 nitrogen and oxygen atoms in total. The maximum atomic E-state index is 12.9. The second-order valence-corrected chi connectivity index (χ2v) is 4.79. The van der Waals surface area contributed by atoms with Crippen LogP contribution in [0.1, 0.15) is 6.92 Å². The zero-order chi connectivity index (χ0) is 14.9. The van der Waals surface area contributed by atoms with Crippen LogP contribution in [0.4, 0.5) is 22.0 Å². The summed E-state index contributed by atoms with van der Waals surface area (Å²) >= 11 is 0. The van der Waals surface area contributed by atoms with Crippen LogP contribution >= 0.6 is 0 Å². The van der Waals surface area contributed by atoms with Gasteiger partial charge in [-0.1, -0.05) is 6.58 Å². The summed E-state index contributed by atoms with van der Waals surface area (Å²) in [6.45, 7) is 3.90. The van der Waals surface area contributed by atoms with E-state index in [0.717, 1.165) is 6.92 Å². The Hall–Kier alpha value is -0.780. The molecule has 0 aliphatic heterocycles. The van der Waals surface area contributed by atoms with Crippen LogP contribution in [0.3, 0.4) is 0 Å². The van der Waals surface area contributed by atoms with Crippen molar-refractivity contribution in [2.75, 3.05) is 0 Å². The largest absolute Gasteiger partial charge is 0.421 e. The van der Waals surface area contributed by atoms with Gasteiger partial charge < -0.3 is 9.84 Å². The normalized spacial score (nSPS) is 17.3. The molecule has 0 fully saturated rings. The predicted molar refractivity (Wildman–Crippen MR) is 48.2 cm³/mol. The number of hydrogen-bond acceptors (Lipinski definition) is 4. The van der Waals surface area contributed by atoms with Gasteiger partial charge in [-0.3, -0.25) is 4.55 Å². The van der Waals surface area contributed by atoms with Gasteiger partial charge in [-0.05, 0) is 12.5 Å². The summed E-state index contributed by atoms with van der Waals surface area (Å²) in [7, 11) is -6.38. The van der Waals surface area contributed by atoms with Crippen molar-refractivity contribution in [3.63, 3.8) is 0 Å². The van der Waals surface area contributed by atoms with E-state index in [0.29, 0.717) is 0 Å². The molecule has 0 amide bonds. The first kappa shape index (κ1) is 17.2. The van der Waals surface area contributed by atoms with Gasteiger partial charge in [-0.25, -0.2) is 0 Å². The smallest absolute Gasteiger partial charge is 0.364 e. The Morgan fingerprint density at radius 3 is 1.89 bits per heavy atom. The minimum Gasteiger partial charge on any atom is -0.364 e. The fraction of sp³-hybridized carbons (Fsp3) is 0.714. The molecule has 0 rings (SSSR count). The number of aliphatic hydroxyl groups excluding tert-OH is 1. The lowest BCUT2D eigenvalue weighted by Crippen LogP contribution is -2.52. The summed E-state index contributed by atoms with van der Waals surface area (Å²) in [6.07, 6.45) is -12.5. The van der Waals surface area contributed by atoms with Crippen LogP contribution in [0.15, 0.2) is 12.2 Å². The topological polar surface area (TPSA) is 83.8 Å². The van der Waals surface area contributed by atoms with Crippen molar-refractivity contribution in [1.29, 1.82) is 0 Å². The predicted octanol–water partition coefficient (Wildman–Crippen LogP) is 1.31. The fourth-order valence-corrected chi connectivity index (χ4v) is 1.19. The maximum Gasteiger partial charge on any atom is 0.421 e. The van der Waals surface area contributed by atoms with Crippen LogP contribution < -0.4 is 0 Å². The highest BCUT2D eigenvalue weighted by atomic mass is 32.2. The van der Waals surface area contributed by atoms with Crippen molar-refractivity contribution in [2.24, 2.45) is 0 Å². The number of ether oxygens (including phenoxy) is 1. The van der Waals surface area contributed by atoms with Crippen molar-refractivity contribution in [3.05, 3.63) is 12.2 Å². The highest BCUT2D eigenvalue weighted by Crippen LogP contribution is 2.38. The van der Waals surface area contributed by atoms with Gasteiger partial charge in [0.15, 0.2) is 6.29 Å². The zero-order valence-electron chi connectivity index (χ0n) is 8.78. The molecular formula is C7H9F5O5S.